The summed E-state index contributed by atoms with van der Waals surface area (Å²) in [6.45, 7) is 2.08. The Hall–Kier alpha value is -0.0900. The molecule has 0 bridgehead atoms. The fourth-order valence-electron chi connectivity index (χ4n) is 2.47. The fourth-order valence-corrected chi connectivity index (χ4v) is 4.14. The second kappa shape index (κ2) is 6.60. The molecule has 0 radical (unpaired) electrons. The van der Waals surface area contributed by atoms with Gasteiger partial charge in [0.25, 0.3) is 0 Å². The summed E-state index contributed by atoms with van der Waals surface area (Å²) in [5.41, 5.74) is 5.99. The molecule has 3 nitrogen and oxygen atoms in total. The normalized spacial score (nSPS) is 20.1. The van der Waals surface area contributed by atoms with E-state index in [2.05, 4.69) is 6.92 Å². The zero-order valence-corrected chi connectivity index (χ0v) is 11.1. The van der Waals surface area contributed by atoms with Gasteiger partial charge >= 0.3 is 0 Å². The van der Waals surface area contributed by atoms with Crippen molar-refractivity contribution in [1.29, 1.82) is 0 Å². The van der Waals surface area contributed by atoms with Gasteiger partial charge in [-0.05, 0) is 25.2 Å². The van der Waals surface area contributed by atoms with Gasteiger partial charge in [0.1, 0.15) is 0 Å². The van der Waals surface area contributed by atoms with E-state index in [1.165, 1.54) is 12.8 Å². The minimum absolute atomic E-state index is 0.130. The van der Waals surface area contributed by atoms with Crippen molar-refractivity contribution in [1.82, 2.24) is 0 Å². The molecule has 1 saturated carbocycles. The molecule has 16 heavy (non-hydrogen) atoms. The Morgan fingerprint density at radius 2 is 1.88 bits per heavy atom. The zero-order valence-electron chi connectivity index (χ0n) is 10.3. The van der Waals surface area contributed by atoms with E-state index in [0.29, 0.717) is 11.7 Å². The van der Waals surface area contributed by atoms with Crippen LogP contribution in [0, 0.1) is 5.92 Å². The lowest BCUT2D eigenvalue weighted by molar-refractivity contribution is 0.454. The van der Waals surface area contributed by atoms with E-state index in [4.69, 9.17) is 5.73 Å². The van der Waals surface area contributed by atoms with Crippen LogP contribution in [0.2, 0.25) is 0 Å². The van der Waals surface area contributed by atoms with Gasteiger partial charge in [-0.25, -0.2) is 8.42 Å². The number of sulfone groups is 1. The maximum absolute atomic E-state index is 11.8. The van der Waals surface area contributed by atoms with E-state index in [9.17, 15) is 8.42 Å². The molecule has 0 aromatic carbocycles. The van der Waals surface area contributed by atoms with Crippen molar-refractivity contribution in [2.45, 2.75) is 57.9 Å². The third kappa shape index (κ3) is 4.83. The highest BCUT2D eigenvalue weighted by Gasteiger charge is 2.26. The Bertz CT molecular complexity index is 281. The van der Waals surface area contributed by atoms with Gasteiger partial charge in [-0.2, -0.15) is 0 Å². The molecule has 4 heteroatoms. The van der Waals surface area contributed by atoms with E-state index in [-0.39, 0.29) is 11.8 Å². The number of hydrogen-bond acceptors (Lipinski definition) is 3. The zero-order chi connectivity index (χ0) is 12.0. The first kappa shape index (κ1) is 14.0. The topological polar surface area (TPSA) is 60.2 Å². The molecule has 1 aliphatic carbocycles. The maximum Gasteiger partial charge on any atom is 0.151 e. The molecule has 0 heterocycles. The van der Waals surface area contributed by atoms with Gasteiger partial charge in [-0.15, -0.1) is 0 Å². The molecule has 96 valence electrons. The Kier molecular flexibility index (Phi) is 5.76. The van der Waals surface area contributed by atoms with Gasteiger partial charge in [0.15, 0.2) is 9.84 Å². The van der Waals surface area contributed by atoms with Crippen molar-refractivity contribution in [3.05, 3.63) is 0 Å². The summed E-state index contributed by atoms with van der Waals surface area (Å²) in [6.07, 6.45) is 7.51. The van der Waals surface area contributed by atoms with E-state index in [1.807, 2.05) is 0 Å². The van der Waals surface area contributed by atoms with Crippen LogP contribution in [-0.2, 0) is 9.84 Å². The lowest BCUT2D eigenvalue weighted by atomic mass is 10.0. The fraction of sp³-hybridized carbons (Fsp3) is 1.00. The van der Waals surface area contributed by atoms with Crippen LogP contribution in [0.4, 0.5) is 0 Å². The summed E-state index contributed by atoms with van der Waals surface area (Å²) in [7, 11) is -2.92. The molecule has 0 amide bonds. The van der Waals surface area contributed by atoms with Crippen LogP contribution in [0.5, 0.6) is 0 Å². The molecule has 1 fully saturated rings. The summed E-state index contributed by atoms with van der Waals surface area (Å²) in [6, 6.07) is -0.130. The summed E-state index contributed by atoms with van der Waals surface area (Å²) < 4.78 is 23.6. The van der Waals surface area contributed by atoms with Gasteiger partial charge in [0, 0.05) is 6.04 Å². The lowest BCUT2D eigenvalue weighted by Crippen LogP contribution is -2.36. The third-order valence-electron chi connectivity index (χ3n) is 3.51. The first-order valence-electron chi connectivity index (χ1n) is 6.51. The van der Waals surface area contributed by atoms with Crippen molar-refractivity contribution in [2.75, 3.05) is 11.5 Å². The Morgan fingerprint density at radius 1 is 1.25 bits per heavy atom. The van der Waals surface area contributed by atoms with Gasteiger partial charge in [-0.1, -0.05) is 32.6 Å². The minimum Gasteiger partial charge on any atom is -0.327 e. The highest BCUT2D eigenvalue weighted by atomic mass is 32.2. The van der Waals surface area contributed by atoms with Gasteiger partial charge < -0.3 is 5.73 Å². The summed E-state index contributed by atoms with van der Waals surface area (Å²) >= 11 is 0. The Morgan fingerprint density at radius 3 is 2.44 bits per heavy atom. The van der Waals surface area contributed by atoms with Gasteiger partial charge in [0.05, 0.1) is 11.5 Å². The van der Waals surface area contributed by atoms with Crippen molar-refractivity contribution >= 4 is 9.84 Å². The first-order valence-corrected chi connectivity index (χ1v) is 8.33. The van der Waals surface area contributed by atoms with Crippen LogP contribution < -0.4 is 5.73 Å². The van der Waals surface area contributed by atoms with Crippen LogP contribution in [0.3, 0.4) is 0 Å². The molecule has 1 rings (SSSR count). The minimum atomic E-state index is -2.92. The van der Waals surface area contributed by atoms with E-state index in [1.54, 1.807) is 0 Å². The maximum atomic E-state index is 11.8. The highest BCUT2D eigenvalue weighted by Crippen LogP contribution is 2.27. The van der Waals surface area contributed by atoms with Gasteiger partial charge in [0.2, 0.25) is 0 Å². The highest BCUT2D eigenvalue weighted by molar-refractivity contribution is 7.91. The van der Waals surface area contributed by atoms with Crippen LogP contribution in [-0.4, -0.2) is 26.0 Å². The number of unbranched alkanes of at least 4 members (excludes halogenated alkanes) is 2. The molecule has 0 aromatic heterocycles. The summed E-state index contributed by atoms with van der Waals surface area (Å²) in [4.78, 5) is 0. The van der Waals surface area contributed by atoms with Crippen molar-refractivity contribution < 1.29 is 8.42 Å². The van der Waals surface area contributed by atoms with Crippen LogP contribution in [0.1, 0.15) is 51.9 Å². The molecular weight excluding hydrogens is 222 g/mol. The third-order valence-corrected chi connectivity index (χ3v) is 5.31. The summed E-state index contributed by atoms with van der Waals surface area (Å²) in [5, 5.41) is 0. The van der Waals surface area contributed by atoms with Crippen LogP contribution >= 0.6 is 0 Å². The molecular formula is C12H25NO2S. The van der Waals surface area contributed by atoms with Crippen LogP contribution in [0.15, 0.2) is 0 Å². The smallest absolute Gasteiger partial charge is 0.151 e. The molecule has 0 aromatic rings. The average Bonchev–Trinajstić information content (AvgIpc) is 2.69. The standard InChI is InChI=1S/C12H25NO2S/c1-2-3-6-9-16(14,15)10-12(13)11-7-4-5-8-11/h11-12H,2-10,13H2,1H3. The number of nitrogens with two attached hydrogens (primary N) is 1. The molecule has 0 spiro atoms. The predicted molar refractivity (Wildman–Crippen MR) is 68.1 cm³/mol. The lowest BCUT2D eigenvalue weighted by Gasteiger charge is -2.18. The molecule has 2 N–H and O–H groups in total. The first-order chi connectivity index (χ1) is 7.55. The average molecular weight is 247 g/mol. The Balaban J connectivity index is 2.33. The largest absolute Gasteiger partial charge is 0.327 e. The second-order valence-corrected chi connectivity index (χ2v) is 7.26. The van der Waals surface area contributed by atoms with Crippen molar-refractivity contribution in [3.8, 4) is 0 Å². The number of hydrogen-bond donors (Lipinski definition) is 1. The monoisotopic (exact) mass is 247 g/mol. The van der Waals surface area contributed by atoms with Crippen molar-refractivity contribution in [3.63, 3.8) is 0 Å². The van der Waals surface area contributed by atoms with E-state index >= 15 is 0 Å². The predicted octanol–water partition coefficient (Wildman–Crippen LogP) is 2.11. The SMILES string of the molecule is CCCCCS(=O)(=O)CC(N)C1CCCC1. The van der Waals surface area contributed by atoms with E-state index in [0.717, 1.165) is 32.1 Å². The molecule has 1 aliphatic rings. The molecule has 1 atom stereocenters. The van der Waals surface area contributed by atoms with E-state index < -0.39 is 9.84 Å². The molecule has 0 aliphatic heterocycles. The molecule has 1 unspecified atom stereocenters. The summed E-state index contributed by atoms with van der Waals surface area (Å²) in [5.74, 6) is 0.962. The van der Waals surface area contributed by atoms with Gasteiger partial charge in [-0.3, -0.25) is 0 Å². The second-order valence-electron chi connectivity index (χ2n) is 5.03. The molecule has 0 saturated heterocycles. The number of rotatable bonds is 7. The Labute approximate surface area is 99.7 Å². The quantitative estimate of drug-likeness (QED) is 0.701. The van der Waals surface area contributed by atoms with Crippen LogP contribution in [0.25, 0.3) is 0 Å². The van der Waals surface area contributed by atoms with Crippen molar-refractivity contribution in [2.24, 2.45) is 11.7 Å².